The van der Waals surface area contributed by atoms with Gasteiger partial charge in [-0.3, -0.25) is 0 Å². The van der Waals surface area contributed by atoms with Gasteiger partial charge in [-0.1, -0.05) is 18.2 Å². The first-order valence-corrected chi connectivity index (χ1v) is 10.8. The molecule has 7 heteroatoms. The van der Waals surface area contributed by atoms with E-state index in [1.165, 1.54) is 0 Å². The van der Waals surface area contributed by atoms with Crippen molar-refractivity contribution in [2.75, 3.05) is 25.9 Å². The van der Waals surface area contributed by atoms with Crippen molar-refractivity contribution in [3.05, 3.63) is 60.0 Å². The van der Waals surface area contributed by atoms with Crippen molar-refractivity contribution in [2.45, 2.75) is 44.1 Å². The van der Waals surface area contributed by atoms with Crippen LogP contribution in [-0.4, -0.2) is 44.8 Å². The Morgan fingerprint density at radius 3 is 2.97 bits per heavy atom. The van der Waals surface area contributed by atoms with Crippen LogP contribution in [0.15, 0.2) is 54.3 Å². The number of hydrogen-bond acceptors (Lipinski definition) is 6. The van der Waals surface area contributed by atoms with Crippen LogP contribution >= 0.6 is 0 Å². The van der Waals surface area contributed by atoms with Crippen molar-refractivity contribution in [3.8, 4) is 0 Å². The van der Waals surface area contributed by atoms with Crippen LogP contribution in [-0.2, 0) is 4.74 Å². The molecule has 0 amide bonds. The second kappa shape index (κ2) is 8.07. The van der Waals surface area contributed by atoms with Gasteiger partial charge in [-0.05, 0) is 57.5 Å². The van der Waals surface area contributed by atoms with Crippen LogP contribution in [0.5, 0.6) is 0 Å². The molecule has 7 nitrogen and oxygen atoms in total. The topological polar surface area (TPSA) is 82.1 Å². The summed E-state index contributed by atoms with van der Waals surface area (Å²) in [5, 5.41) is 5.93. The molecule has 2 aromatic heterocycles. The zero-order valence-corrected chi connectivity index (χ0v) is 17.4. The Hall–Kier alpha value is -2.93. The predicted molar refractivity (Wildman–Crippen MR) is 118 cm³/mol. The number of nitrogens with two attached hydrogens (primary N) is 1. The molecule has 0 spiro atoms. The molecule has 0 bridgehead atoms. The highest BCUT2D eigenvalue weighted by Crippen LogP contribution is 2.36. The molecule has 0 aromatic carbocycles. The molecule has 2 N–H and O–H groups in total. The van der Waals surface area contributed by atoms with Crippen LogP contribution in [0.25, 0.3) is 11.0 Å². The lowest BCUT2D eigenvalue weighted by molar-refractivity contribution is 0.205. The normalized spacial score (nSPS) is 24.7. The van der Waals surface area contributed by atoms with E-state index in [9.17, 15) is 0 Å². The van der Waals surface area contributed by atoms with Gasteiger partial charge in [-0.15, -0.1) is 0 Å². The monoisotopic (exact) mass is 404 g/mol. The minimum absolute atomic E-state index is 0.135. The van der Waals surface area contributed by atoms with Crippen LogP contribution in [0.1, 0.15) is 49.8 Å². The number of ether oxygens (including phenoxy) is 1. The maximum Gasteiger partial charge on any atom is 0.163 e. The van der Waals surface area contributed by atoms with Gasteiger partial charge in [-0.25, -0.2) is 14.6 Å². The highest BCUT2D eigenvalue weighted by molar-refractivity contribution is 5.89. The number of anilines is 1. The molecule has 5 rings (SSSR count). The largest absolute Gasteiger partial charge is 0.462 e. The van der Waals surface area contributed by atoms with Crippen LogP contribution in [0.2, 0.25) is 0 Å². The number of rotatable bonds is 4. The fourth-order valence-corrected chi connectivity index (χ4v) is 4.57. The Morgan fingerprint density at radius 1 is 1.27 bits per heavy atom. The van der Waals surface area contributed by atoms with E-state index < -0.39 is 0 Å². The Morgan fingerprint density at radius 2 is 2.20 bits per heavy atom. The van der Waals surface area contributed by atoms with E-state index in [1.54, 1.807) is 6.33 Å². The third-order valence-corrected chi connectivity index (χ3v) is 6.13. The lowest BCUT2D eigenvalue weighted by Crippen LogP contribution is -2.34. The molecular weight excluding hydrogens is 376 g/mol. The summed E-state index contributed by atoms with van der Waals surface area (Å²) in [7, 11) is 2.16. The molecule has 1 fully saturated rings. The molecule has 1 saturated heterocycles. The number of aromatic nitrogens is 4. The second-order valence-electron chi connectivity index (χ2n) is 8.36. The summed E-state index contributed by atoms with van der Waals surface area (Å²) in [5.41, 5.74) is 8.10. The maximum absolute atomic E-state index is 6.29. The molecule has 2 aliphatic carbocycles. The van der Waals surface area contributed by atoms with Crippen LogP contribution < -0.4 is 5.73 Å². The average Bonchev–Trinajstić information content (AvgIpc) is 3.16. The number of piperidine rings is 1. The minimum Gasteiger partial charge on any atom is -0.462 e. The number of hydrogen-bond donors (Lipinski definition) is 1. The molecule has 1 aliphatic heterocycles. The summed E-state index contributed by atoms with van der Waals surface area (Å²) in [6, 6.07) is 0.308. The first-order chi connectivity index (χ1) is 14.7. The number of likely N-dealkylation sites (tertiary alicyclic amines) is 1. The number of nitrogens with zero attached hydrogens (tertiary/aromatic N) is 5. The van der Waals surface area contributed by atoms with Gasteiger partial charge < -0.3 is 15.4 Å². The van der Waals surface area contributed by atoms with E-state index >= 15 is 0 Å². The van der Waals surface area contributed by atoms with Gasteiger partial charge in [0.25, 0.3) is 0 Å². The van der Waals surface area contributed by atoms with Crippen molar-refractivity contribution < 1.29 is 4.74 Å². The molecule has 2 unspecified atom stereocenters. The standard InChI is InChI=1S/C23H28N6O/c1-28-13-5-6-17(14-28)29-23-20(22(24)25-15-26-23)21(27-29)16-9-11-19(12-10-16)30-18-7-3-2-4-8-18/h2-3,7,9,11-12,15-17H,4-6,8,10,13-14H2,1H3,(H2,24,25,26). The Kier molecular flexibility index (Phi) is 5.12. The van der Waals surface area contributed by atoms with E-state index in [2.05, 4.69) is 50.9 Å². The molecular formula is C23H28N6O. The molecule has 3 heterocycles. The lowest BCUT2D eigenvalue weighted by Gasteiger charge is -2.29. The molecule has 0 radical (unpaired) electrons. The fourth-order valence-electron chi connectivity index (χ4n) is 4.57. The second-order valence-corrected chi connectivity index (χ2v) is 8.36. The lowest BCUT2D eigenvalue weighted by atomic mass is 9.95. The van der Waals surface area contributed by atoms with E-state index in [4.69, 9.17) is 15.6 Å². The van der Waals surface area contributed by atoms with Gasteiger partial charge in [-0.2, -0.15) is 5.10 Å². The number of likely N-dealkylation sites (N-methyl/N-ethyl adjacent to an activating group) is 1. The highest BCUT2D eigenvalue weighted by Gasteiger charge is 2.27. The van der Waals surface area contributed by atoms with E-state index in [1.807, 2.05) is 12.2 Å². The van der Waals surface area contributed by atoms with Crippen LogP contribution in [0.4, 0.5) is 5.82 Å². The maximum atomic E-state index is 6.29. The van der Waals surface area contributed by atoms with Crippen molar-refractivity contribution in [1.29, 1.82) is 0 Å². The minimum atomic E-state index is 0.135. The molecule has 3 aliphatic rings. The SMILES string of the molecule is CN1CCCC(n2nc(C3C=CC(OC4=CC=CCC4)=CC3)c3c(N)ncnc32)C1. The van der Waals surface area contributed by atoms with Gasteiger partial charge >= 0.3 is 0 Å². The summed E-state index contributed by atoms with van der Waals surface area (Å²) >= 11 is 0. The quantitative estimate of drug-likeness (QED) is 0.833. The summed E-state index contributed by atoms with van der Waals surface area (Å²) in [6.45, 7) is 2.10. The zero-order valence-electron chi connectivity index (χ0n) is 17.4. The average molecular weight is 405 g/mol. The smallest absolute Gasteiger partial charge is 0.163 e. The van der Waals surface area contributed by atoms with E-state index in [-0.39, 0.29) is 5.92 Å². The molecule has 2 atom stereocenters. The first kappa shape index (κ1) is 19.1. The van der Waals surface area contributed by atoms with Gasteiger partial charge in [0, 0.05) is 18.9 Å². The molecule has 2 aromatic rings. The van der Waals surface area contributed by atoms with Crippen LogP contribution in [0.3, 0.4) is 0 Å². The fraction of sp³-hybridized carbons (Fsp3) is 0.435. The number of nitrogen functional groups attached to an aromatic ring is 1. The third kappa shape index (κ3) is 3.65. The van der Waals surface area contributed by atoms with Gasteiger partial charge in [0.1, 0.15) is 23.7 Å². The Bertz CT molecular complexity index is 1060. The molecule has 30 heavy (non-hydrogen) atoms. The summed E-state index contributed by atoms with van der Waals surface area (Å²) in [6.07, 6.45) is 19.2. The molecule has 0 saturated carbocycles. The van der Waals surface area contributed by atoms with Crippen molar-refractivity contribution in [2.24, 2.45) is 0 Å². The zero-order chi connectivity index (χ0) is 20.5. The molecule has 156 valence electrons. The van der Waals surface area contributed by atoms with Crippen LogP contribution in [0, 0.1) is 0 Å². The Balaban J connectivity index is 1.43. The van der Waals surface area contributed by atoms with Crippen molar-refractivity contribution >= 4 is 16.9 Å². The first-order valence-electron chi connectivity index (χ1n) is 10.8. The van der Waals surface area contributed by atoms with Gasteiger partial charge in [0.2, 0.25) is 0 Å². The van der Waals surface area contributed by atoms with E-state index in [0.29, 0.717) is 11.9 Å². The summed E-state index contributed by atoms with van der Waals surface area (Å²) in [4.78, 5) is 11.2. The van der Waals surface area contributed by atoms with Crippen molar-refractivity contribution in [3.63, 3.8) is 0 Å². The van der Waals surface area contributed by atoms with E-state index in [0.717, 1.165) is 73.4 Å². The van der Waals surface area contributed by atoms with Gasteiger partial charge in [0.05, 0.1) is 17.1 Å². The Labute approximate surface area is 176 Å². The third-order valence-electron chi connectivity index (χ3n) is 6.13. The highest BCUT2D eigenvalue weighted by atomic mass is 16.5. The predicted octanol–water partition coefficient (Wildman–Crippen LogP) is 3.85. The summed E-state index contributed by atoms with van der Waals surface area (Å²) in [5.74, 6) is 2.55. The van der Waals surface area contributed by atoms with Crippen molar-refractivity contribution in [1.82, 2.24) is 24.6 Å². The van der Waals surface area contributed by atoms with Gasteiger partial charge in [0.15, 0.2) is 5.65 Å². The number of fused-ring (bicyclic) bond motifs is 1. The number of allylic oxidation sites excluding steroid dienone is 7. The summed E-state index contributed by atoms with van der Waals surface area (Å²) < 4.78 is 8.13.